The van der Waals surface area contributed by atoms with Crippen molar-refractivity contribution in [3.8, 4) is 6.07 Å². The molecule has 0 unspecified atom stereocenters. The second kappa shape index (κ2) is 10.3. The molecule has 5 nitrogen and oxygen atoms in total. The summed E-state index contributed by atoms with van der Waals surface area (Å²) in [5.74, 6) is -0.387. The number of amides is 1. The van der Waals surface area contributed by atoms with E-state index >= 15 is 0 Å². The van der Waals surface area contributed by atoms with Gasteiger partial charge in [0.25, 0.3) is 0 Å². The highest BCUT2D eigenvalue weighted by atomic mass is 35.5. The zero-order valence-corrected chi connectivity index (χ0v) is 19.9. The lowest BCUT2D eigenvalue weighted by molar-refractivity contribution is -0.116. The number of nitrogens with zero attached hydrogens (tertiary/aromatic N) is 1. The van der Waals surface area contributed by atoms with Crippen molar-refractivity contribution in [2.24, 2.45) is 0 Å². The maximum Gasteiger partial charge on any atom is 0.234 e. The first-order valence-corrected chi connectivity index (χ1v) is 12.3. The Balaban J connectivity index is 1.61. The average molecular weight is 478 g/mol. The molecule has 0 saturated carbocycles. The van der Waals surface area contributed by atoms with E-state index in [0.29, 0.717) is 27.6 Å². The Hall–Kier alpha value is -3.01. The van der Waals surface area contributed by atoms with Crippen LogP contribution in [0.5, 0.6) is 0 Å². The third-order valence-electron chi connectivity index (χ3n) is 5.89. The van der Waals surface area contributed by atoms with Gasteiger partial charge in [0.05, 0.1) is 28.3 Å². The summed E-state index contributed by atoms with van der Waals surface area (Å²) in [4.78, 5) is 25.5. The number of thioether (sulfide) groups is 1. The first-order chi connectivity index (χ1) is 16.0. The van der Waals surface area contributed by atoms with Crippen LogP contribution >= 0.6 is 23.4 Å². The number of allylic oxidation sites excluding steroid dienone is 3. The molecule has 1 amide bonds. The van der Waals surface area contributed by atoms with Crippen molar-refractivity contribution >= 4 is 40.7 Å². The highest BCUT2D eigenvalue weighted by Gasteiger charge is 2.37. The molecule has 0 spiro atoms. The molecule has 7 heteroatoms. The van der Waals surface area contributed by atoms with Crippen LogP contribution in [-0.2, 0) is 16.0 Å². The van der Waals surface area contributed by atoms with E-state index in [9.17, 15) is 14.9 Å². The minimum atomic E-state index is -0.456. The molecule has 2 aliphatic rings. The van der Waals surface area contributed by atoms with E-state index in [2.05, 4.69) is 16.7 Å². The Morgan fingerprint density at radius 3 is 2.70 bits per heavy atom. The van der Waals surface area contributed by atoms with Gasteiger partial charge in [-0.25, -0.2) is 0 Å². The molecular weight excluding hydrogens is 454 g/mol. The van der Waals surface area contributed by atoms with Gasteiger partial charge in [-0.1, -0.05) is 60.6 Å². The molecule has 0 bridgehead atoms. The number of rotatable bonds is 6. The Labute approximate surface area is 202 Å². The Kier molecular flexibility index (Phi) is 7.22. The van der Waals surface area contributed by atoms with Gasteiger partial charge in [0.15, 0.2) is 5.78 Å². The van der Waals surface area contributed by atoms with Gasteiger partial charge < -0.3 is 10.6 Å². The zero-order valence-electron chi connectivity index (χ0n) is 18.3. The predicted molar refractivity (Wildman–Crippen MR) is 133 cm³/mol. The lowest BCUT2D eigenvalue weighted by atomic mass is 9.77. The molecule has 168 valence electrons. The quantitative estimate of drug-likeness (QED) is 0.557. The van der Waals surface area contributed by atoms with Crippen molar-refractivity contribution in [1.29, 1.82) is 5.26 Å². The smallest absolute Gasteiger partial charge is 0.234 e. The monoisotopic (exact) mass is 477 g/mol. The molecule has 0 fully saturated rings. The third-order valence-corrected chi connectivity index (χ3v) is 7.16. The van der Waals surface area contributed by atoms with Crippen molar-refractivity contribution < 1.29 is 9.59 Å². The van der Waals surface area contributed by atoms with Gasteiger partial charge in [0.1, 0.15) is 0 Å². The molecule has 0 aromatic heterocycles. The van der Waals surface area contributed by atoms with Crippen LogP contribution in [0.4, 0.5) is 5.69 Å². The highest BCUT2D eigenvalue weighted by molar-refractivity contribution is 8.03. The summed E-state index contributed by atoms with van der Waals surface area (Å²) >= 11 is 7.36. The minimum Gasteiger partial charge on any atom is -0.352 e. The van der Waals surface area contributed by atoms with Gasteiger partial charge in [0.2, 0.25) is 5.91 Å². The first-order valence-electron chi connectivity index (χ1n) is 10.9. The fourth-order valence-electron chi connectivity index (χ4n) is 4.30. The predicted octanol–water partition coefficient (Wildman–Crippen LogP) is 5.70. The second-order valence-electron chi connectivity index (χ2n) is 7.98. The number of anilines is 1. The Bertz CT molecular complexity index is 1190. The zero-order chi connectivity index (χ0) is 23.4. The molecule has 0 saturated heterocycles. The number of aryl methyl sites for hydroxylation is 1. The SMILES string of the molecule is CCc1ccccc1NC(=O)CSC1=C(C#N)[C@H](c2ccc(Cl)cc2)C2=C(CCCC2=O)N1. The van der Waals surface area contributed by atoms with Gasteiger partial charge in [-0.3, -0.25) is 9.59 Å². The molecule has 33 heavy (non-hydrogen) atoms. The number of nitriles is 1. The Morgan fingerprint density at radius 2 is 1.97 bits per heavy atom. The number of carbonyl (C=O) groups is 2. The van der Waals surface area contributed by atoms with Gasteiger partial charge >= 0.3 is 0 Å². The van der Waals surface area contributed by atoms with E-state index in [0.717, 1.165) is 41.8 Å². The minimum absolute atomic E-state index is 0.0643. The highest BCUT2D eigenvalue weighted by Crippen LogP contribution is 2.44. The lowest BCUT2D eigenvalue weighted by Crippen LogP contribution is -2.31. The summed E-state index contributed by atoms with van der Waals surface area (Å²) in [5.41, 5.74) is 4.69. The van der Waals surface area contributed by atoms with E-state index in [1.165, 1.54) is 11.8 Å². The molecule has 1 aliphatic carbocycles. The number of hydrogen-bond donors (Lipinski definition) is 2. The molecule has 1 aliphatic heterocycles. The third kappa shape index (κ3) is 5.00. The summed E-state index contributed by atoms with van der Waals surface area (Å²) < 4.78 is 0. The van der Waals surface area contributed by atoms with Crippen LogP contribution in [0.2, 0.25) is 5.02 Å². The normalized spacial score (nSPS) is 17.8. The molecule has 2 N–H and O–H groups in total. The van der Waals surface area contributed by atoms with Crippen LogP contribution in [0, 0.1) is 11.3 Å². The molecule has 1 heterocycles. The molecule has 1 atom stereocenters. The van der Waals surface area contributed by atoms with E-state index in [1.807, 2.05) is 43.3 Å². The number of carbonyl (C=O) groups excluding carboxylic acids is 2. The lowest BCUT2D eigenvalue weighted by Gasteiger charge is -2.33. The second-order valence-corrected chi connectivity index (χ2v) is 9.40. The van der Waals surface area contributed by atoms with Crippen LogP contribution in [0.25, 0.3) is 0 Å². The van der Waals surface area contributed by atoms with E-state index in [-0.39, 0.29) is 17.4 Å². The number of para-hydroxylation sites is 1. The van der Waals surface area contributed by atoms with Crippen molar-refractivity contribution in [2.75, 3.05) is 11.1 Å². The maximum atomic E-state index is 12.9. The number of ketones is 1. The van der Waals surface area contributed by atoms with Gasteiger partial charge in [-0.05, 0) is 48.6 Å². The van der Waals surface area contributed by atoms with E-state index in [1.54, 1.807) is 12.1 Å². The van der Waals surface area contributed by atoms with E-state index < -0.39 is 5.92 Å². The van der Waals surface area contributed by atoms with Crippen molar-refractivity contribution in [3.05, 3.63) is 86.6 Å². The summed E-state index contributed by atoms with van der Waals surface area (Å²) in [6.45, 7) is 2.05. The number of benzene rings is 2. The van der Waals surface area contributed by atoms with Gasteiger partial charge in [-0.15, -0.1) is 0 Å². The Morgan fingerprint density at radius 1 is 1.21 bits per heavy atom. The standard InChI is InChI=1S/C26H24ClN3O2S/c1-2-16-6-3-4-7-20(16)29-23(32)15-33-26-19(14-28)24(17-10-12-18(27)13-11-17)25-21(30-26)8-5-9-22(25)31/h3-4,6-7,10-13,24,30H,2,5,8-9,15H2,1H3,(H,29,32)/t24-/m0/s1. The topological polar surface area (TPSA) is 82.0 Å². The number of Topliss-reactive ketones (excluding diaryl/α,β-unsaturated/α-hetero) is 1. The number of hydrogen-bond acceptors (Lipinski definition) is 5. The first kappa shape index (κ1) is 23.2. The molecule has 4 rings (SSSR count). The largest absolute Gasteiger partial charge is 0.352 e. The maximum absolute atomic E-state index is 12.9. The fourth-order valence-corrected chi connectivity index (χ4v) is 5.29. The number of dihydropyridines is 1. The van der Waals surface area contributed by atoms with Gasteiger partial charge in [0, 0.05) is 28.4 Å². The summed E-state index contributed by atoms with van der Waals surface area (Å²) in [6, 6.07) is 17.3. The molecular formula is C26H24ClN3O2S. The number of nitrogens with one attached hydrogen (secondary N) is 2. The molecule has 0 radical (unpaired) electrons. The van der Waals surface area contributed by atoms with E-state index in [4.69, 9.17) is 11.6 Å². The van der Waals surface area contributed by atoms with Crippen molar-refractivity contribution in [1.82, 2.24) is 5.32 Å². The van der Waals surface area contributed by atoms with Crippen LogP contribution in [0.1, 0.15) is 43.2 Å². The number of halogens is 1. The average Bonchev–Trinajstić information content (AvgIpc) is 2.83. The summed E-state index contributed by atoms with van der Waals surface area (Å²) in [7, 11) is 0. The van der Waals surface area contributed by atoms with Crippen LogP contribution in [0.3, 0.4) is 0 Å². The van der Waals surface area contributed by atoms with Gasteiger partial charge in [-0.2, -0.15) is 5.26 Å². The summed E-state index contributed by atoms with van der Waals surface area (Å²) in [6.07, 6.45) is 2.81. The molecule has 2 aromatic rings. The molecule has 2 aromatic carbocycles. The van der Waals surface area contributed by atoms with Crippen molar-refractivity contribution in [2.45, 2.75) is 38.5 Å². The van der Waals surface area contributed by atoms with Crippen molar-refractivity contribution in [3.63, 3.8) is 0 Å². The van der Waals surface area contributed by atoms with Crippen LogP contribution < -0.4 is 10.6 Å². The van der Waals surface area contributed by atoms with Crippen LogP contribution in [-0.4, -0.2) is 17.4 Å². The fraction of sp³-hybridized carbons (Fsp3) is 0.269. The van der Waals surface area contributed by atoms with Crippen LogP contribution in [0.15, 0.2) is 70.4 Å². The summed E-state index contributed by atoms with van der Waals surface area (Å²) in [5, 5.41) is 17.6.